The molecule has 0 spiro atoms. The molecule has 11 nitrogen and oxygen atoms in total. The number of aryl methyl sites for hydroxylation is 1. The maximum Gasteiger partial charge on any atom is 0.405 e. The summed E-state index contributed by atoms with van der Waals surface area (Å²) in [6.45, 7) is 1.66. The van der Waals surface area contributed by atoms with Gasteiger partial charge in [0.05, 0.1) is 23.6 Å². The van der Waals surface area contributed by atoms with Crippen LogP contribution in [0.1, 0.15) is 34.2 Å². The van der Waals surface area contributed by atoms with E-state index in [0.29, 0.717) is 30.2 Å². The van der Waals surface area contributed by atoms with E-state index in [2.05, 4.69) is 10.3 Å². The molecule has 6 rings (SSSR count). The lowest BCUT2D eigenvalue weighted by Gasteiger charge is -2.41. The van der Waals surface area contributed by atoms with Crippen molar-refractivity contribution >= 4 is 23.2 Å². The van der Waals surface area contributed by atoms with E-state index in [1.54, 1.807) is 59.0 Å². The van der Waals surface area contributed by atoms with Crippen LogP contribution in [0.5, 0.6) is 5.75 Å². The predicted octanol–water partition coefficient (Wildman–Crippen LogP) is 4.10. The Balaban J connectivity index is 1.14. The Hall–Kier alpha value is -4.28. The minimum absolute atomic E-state index is 0.00293. The Bertz CT molecular complexity index is 1800. The molecule has 52 heavy (non-hydrogen) atoms. The van der Waals surface area contributed by atoms with E-state index in [9.17, 15) is 33.0 Å². The van der Waals surface area contributed by atoms with E-state index in [4.69, 9.17) is 9.15 Å². The summed E-state index contributed by atoms with van der Waals surface area (Å²) in [6.07, 6.45) is -3.25. The second-order valence-electron chi connectivity index (χ2n) is 13.3. The lowest BCUT2D eigenvalue weighted by molar-refractivity contribution is -0.143. The summed E-state index contributed by atoms with van der Waals surface area (Å²) in [4.78, 5) is 37.0. The number of aliphatic hydroxyl groups excluding tert-OH is 2. The molecule has 0 radical (unpaired) electrons. The van der Waals surface area contributed by atoms with Gasteiger partial charge in [-0.25, -0.2) is 0 Å². The molecular formula is C37H42F3N5O6S. The molecule has 4 N–H and O–H groups in total. The number of β-amino-alcohol motifs (C(OH)–C–C–N with tert-alkyl or cyclic N) is 1. The number of aromatic nitrogens is 1. The van der Waals surface area contributed by atoms with Gasteiger partial charge >= 0.3 is 6.18 Å². The van der Waals surface area contributed by atoms with Crippen LogP contribution in [0, 0.1) is 12.8 Å². The van der Waals surface area contributed by atoms with E-state index in [0.717, 1.165) is 21.1 Å². The molecule has 5 atom stereocenters. The highest BCUT2D eigenvalue weighted by atomic mass is 32.1. The number of carbonyl (C=O) groups excluding carboxylic acids is 2. The van der Waals surface area contributed by atoms with E-state index in [-0.39, 0.29) is 39.1 Å². The van der Waals surface area contributed by atoms with Crippen LogP contribution in [0.4, 0.5) is 13.2 Å². The van der Waals surface area contributed by atoms with Gasteiger partial charge in [-0.3, -0.25) is 24.4 Å². The molecule has 278 valence electrons. The normalized spacial score (nSPS) is 20.8. The van der Waals surface area contributed by atoms with Gasteiger partial charge in [0, 0.05) is 54.9 Å². The summed E-state index contributed by atoms with van der Waals surface area (Å²) < 4.78 is 51.0. The van der Waals surface area contributed by atoms with Crippen LogP contribution in [0.2, 0.25) is 0 Å². The third-order valence-corrected chi connectivity index (χ3v) is 10.3. The molecule has 2 aliphatic rings. The molecule has 4 aromatic rings. The quantitative estimate of drug-likeness (QED) is 0.160. The molecule has 1 aromatic carbocycles. The number of rotatable bonds is 13. The van der Waals surface area contributed by atoms with Gasteiger partial charge < -0.3 is 30.0 Å². The smallest absolute Gasteiger partial charge is 0.405 e. The molecule has 5 heterocycles. The number of amides is 2. The van der Waals surface area contributed by atoms with Crippen molar-refractivity contribution < 1.29 is 42.1 Å². The maximum absolute atomic E-state index is 13.9. The standard InChI is InChI=1S/C37H42F3N5O6S/c1-23-8-11-33(52-23)32-10-9-27(51-32)19-44-13-14-45(29(20-44)36(49)42-22-37(38,39)40)18-26(46)16-25(15-24-5-4-12-41-17-24)35(48)43-34-28-6-2-3-7-31(28)50-21-30(34)47/h2-12,17,25-26,29-30,34,46-47H,13-16,18-22H2,1H3,(H,42,49)(H,43,48)/t25-,26+,29+,30-,34+/m1/s1. The first-order valence-electron chi connectivity index (χ1n) is 17.2. The van der Waals surface area contributed by atoms with E-state index >= 15 is 0 Å². The van der Waals surface area contributed by atoms with Crippen molar-refractivity contribution in [2.45, 2.75) is 56.8 Å². The van der Waals surface area contributed by atoms with Crippen LogP contribution >= 0.6 is 11.3 Å². The number of fused-ring (bicyclic) bond motifs is 1. The number of piperazine rings is 1. The van der Waals surface area contributed by atoms with Crippen LogP contribution in [0.25, 0.3) is 10.6 Å². The number of carbonyl (C=O) groups is 2. The van der Waals surface area contributed by atoms with Crippen LogP contribution in [0.15, 0.2) is 77.5 Å². The zero-order chi connectivity index (χ0) is 36.8. The number of nitrogens with zero attached hydrogens (tertiary/aromatic N) is 3. The Morgan fingerprint density at radius 2 is 1.92 bits per heavy atom. The van der Waals surface area contributed by atoms with Gasteiger partial charge in [0.2, 0.25) is 11.8 Å². The zero-order valence-electron chi connectivity index (χ0n) is 28.6. The number of furan rings is 1. The zero-order valence-corrected chi connectivity index (χ0v) is 29.4. The van der Waals surface area contributed by atoms with Crippen LogP contribution < -0.4 is 15.4 Å². The molecule has 1 fully saturated rings. The number of halogens is 3. The van der Waals surface area contributed by atoms with E-state index < -0.39 is 54.7 Å². The third kappa shape index (κ3) is 9.77. The van der Waals surface area contributed by atoms with Crippen molar-refractivity contribution in [2.24, 2.45) is 5.92 Å². The highest BCUT2D eigenvalue weighted by Gasteiger charge is 2.38. The molecule has 2 amide bonds. The van der Waals surface area contributed by atoms with Gasteiger partial charge in [0.25, 0.3) is 0 Å². The number of pyridine rings is 1. The average Bonchev–Trinajstić information content (AvgIpc) is 3.77. The van der Waals surface area contributed by atoms with E-state index in [1.807, 2.05) is 47.5 Å². The van der Waals surface area contributed by atoms with Gasteiger partial charge in [-0.05, 0) is 61.7 Å². The number of aliphatic hydroxyl groups is 2. The van der Waals surface area contributed by atoms with Crippen LogP contribution in [-0.2, 0) is 22.6 Å². The molecule has 0 bridgehead atoms. The molecule has 15 heteroatoms. The number of hydrogen-bond donors (Lipinski definition) is 4. The molecule has 0 saturated carbocycles. The van der Waals surface area contributed by atoms with Crippen molar-refractivity contribution in [1.29, 1.82) is 0 Å². The van der Waals surface area contributed by atoms with Gasteiger partial charge in [-0.15, -0.1) is 11.3 Å². The molecule has 1 saturated heterocycles. The third-order valence-electron chi connectivity index (χ3n) is 9.29. The second-order valence-corrected chi connectivity index (χ2v) is 14.6. The Labute approximate surface area is 303 Å². The topological polar surface area (TPSA) is 140 Å². The number of hydrogen-bond acceptors (Lipinski definition) is 10. The summed E-state index contributed by atoms with van der Waals surface area (Å²) in [5, 5.41) is 27.2. The molecule has 3 aromatic heterocycles. The van der Waals surface area contributed by atoms with Crippen LogP contribution in [0.3, 0.4) is 0 Å². The summed E-state index contributed by atoms with van der Waals surface area (Å²) >= 11 is 1.60. The summed E-state index contributed by atoms with van der Waals surface area (Å²) in [7, 11) is 0. The fourth-order valence-corrected chi connectivity index (χ4v) is 7.56. The Kier molecular flexibility index (Phi) is 12.0. The first-order valence-corrected chi connectivity index (χ1v) is 18.0. The highest BCUT2D eigenvalue weighted by Crippen LogP contribution is 2.33. The van der Waals surface area contributed by atoms with Crippen molar-refractivity contribution in [3.8, 4) is 16.4 Å². The van der Waals surface area contributed by atoms with Gasteiger partial charge in [-0.2, -0.15) is 13.2 Å². The minimum Gasteiger partial charge on any atom is -0.490 e. The number of nitrogens with one attached hydrogen (secondary N) is 2. The molecule has 0 unspecified atom stereocenters. The highest BCUT2D eigenvalue weighted by molar-refractivity contribution is 7.15. The largest absolute Gasteiger partial charge is 0.490 e. The number of ether oxygens (including phenoxy) is 1. The predicted molar refractivity (Wildman–Crippen MR) is 187 cm³/mol. The number of thiophene rings is 1. The first-order chi connectivity index (χ1) is 24.9. The van der Waals surface area contributed by atoms with Gasteiger partial charge in [0.1, 0.15) is 42.6 Å². The monoisotopic (exact) mass is 741 g/mol. The van der Waals surface area contributed by atoms with Gasteiger partial charge in [-0.1, -0.05) is 24.3 Å². The molecule has 0 aliphatic carbocycles. The fourth-order valence-electron chi connectivity index (χ4n) is 6.73. The van der Waals surface area contributed by atoms with Crippen molar-refractivity contribution in [2.75, 3.05) is 39.3 Å². The lowest BCUT2D eigenvalue weighted by atomic mass is 9.91. The van der Waals surface area contributed by atoms with Crippen LogP contribution in [-0.4, -0.2) is 101 Å². The SMILES string of the molecule is Cc1ccc(-c2ccc(CN3CCN(C[C@@H](O)C[C@@H](Cc4cccnc4)C(=O)N[C@H]4c5ccccc5OC[C@H]4O)[C@H](C(=O)NCC(F)(F)F)C3)o2)s1. The minimum atomic E-state index is -4.59. The van der Waals surface area contributed by atoms with Crippen molar-refractivity contribution in [1.82, 2.24) is 25.4 Å². The maximum atomic E-state index is 13.9. The number of benzene rings is 1. The summed E-state index contributed by atoms with van der Waals surface area (Å²) in [5.74, 6) is -0.0366. The summed E-state index contributed by atoms with van der Waals surface area (Å²) in [6, 6.07) is 16.7. The first kappa shape index (κ1) is 37.5. The van der Waals surface area contributed by atoms with Gasteiger partial charge in [0.15, 0.2) is 0 Å². The van der Waals surface area contributed by atoms with Crippen molar-refractivity contribution in [3.05, 3.63) is 94.8 Å². The second kappa shape index (κ2) is 16.6. The molecular weight excluding hydrogens is 699 g/mol. The lowest BCUT2D eigenvalue weighted by Crippen LogP contribution is -2.60. The fraction of sp³-hybridized carbons (Fsp3) is 0.432. The summed E-state index contributed by atoms with van der Waals surface area (Å²) in [5.41, 5.74) is 1.39. The number of para-hydroxylation sites is 1. The average molecular weight is 742 g/mol. The van der Waals surface area contributed by atoms with Crippen molar-refractivity contribution in [3.63, 3.8) is 0 Å². The molecule has 2 aliphatic heterocycles. The Morgan fingerprint density at radius 3 is 2.67 bits per heavy atom. The Morgan fingerprint density at radius 1 is 1.10 bits per heavy atom. The van der Waals surface area contributed by atoms with E-state index in [1.165, 1.54) is 0 Å². The number of alkyl halides is 3.